The van der Waals surface area contributed by atoms with E-state index in [0.29, 0.717) is 17.1 Å². The SMILES string of the molecule is COc1ccc(C(=O)/C=C/c2cc(-c3ccc(C)c(C)c3)n[nH]2)cc1OC. The van der Waals surface area contributed by atoms with Gasteiger partial charge >= 0.3 is 0 Å². The van der Waals surface area contributed by atoms with Crippen LogP contribution in [0.15, 0.2) is 48.5 Å². The Labute approximate surface area is 158 Å². The molecule has 0 saturated heterocycles. The highest BCUT2D eigenvalue weighted by molar-refractivity contribution is 6.07. The van der Waals surface area contributed by atoms with Gasteiger partial charge in [-0.25, -0.2) is 0 Å². The summed E-state index contributed by atoms with van der Waals surface area (Å²) in [6, 6.07) is 13.2. The topological polar surface area (TPSA) is 64.2 Å². The summed E-state index contributed by atoms with van der Waals surface area (Å²) >= 11 is 0. The number of hydrogen-bond acceptors (Lipinski definition) is 4. The number of benzene rings is 2. The minimum atomic E-state index is -0.127. The van der Waals surface area contributed by atoms with Crippen molar-refractivity contribution in [2.45, 2.75) is 13.8 Å². The van der Waals surface area contributed by atoms with Crippen LogP contribution < -0.4 is 9.47 Å². The number of carbonyl (C=O) groups is 1. The Kier molecular flexibility index (Phi) is 5.41. The lowest BCUT2D eigenvalue weighted by Crippen LogP contribution is -1.97. The molecular weight excluding hydrogens is 340 g/mol. The minimum absolute atomic E-state index is 0.127. The summed E-state index contributed by atoms with van der Waals surface area (Å²) in [4.78, 5) is 12.4. The van der Waals surface area contributed by atoms with Gasteiger partial charge in [0.05, 0.1) is 25.6 Å². The molecule has 5 nitrogen and oxygen atoms in total. The van der Waals surface area contributed by atoms with Crippen molar-refractivity contribution in [3.05, 3.63) is 70.9 Å². The van der Waals surface area contributed by atoms with Gasteiger partial charge in [0, 0.05) is 11.1 Å². The van der Waals surface area contributed by atoms with Crippen LogP contribution in [-0.2, 0) is 0 Å². The summed E-state index contributed by atoms with van der Waals surface area (Å²) in [6.07, 6.45) is 3.23. The molecular formula is C22H22N2O3. The third-order valence-electron chi connectivity index (χ3n) is 4.48. The Balaban J connectivity index is 1.77. The van der Waals surface area contributed by atoms with Gasteiger partial charge in [-0.15, -0.1) is 0 Å². The summed E-state index contributed by atoms with van der Waals surface area (Å²) in [7, 11) is 3.10. The number of carbonyl (C=O) groups excluding carboxylic acids is 1. The van der Waals surface area contributed by atoms with Gasteiger partial charge in [-0.1, -0.05) is 12.1 Å². The second kappa shape index (κ2) is 7.91. The summed E-state index contributed by atoms with van der Waals surface area (Å²) in [5.41, 5.74) is 5.64. The summed E-state index contributed by atoms with van der Waals surface area (Å²) in [5, 5.41) is 7.29. The first-order valence-electron chi connectivity index (χ1n) is 8.59. The largest absolute Gasteiger partial charge is 0.493 e. The summed E-state index contributed by atoms with van der Waals surface area (Å²) < 4.78 is 10.4. The highest BCUT2D eigenvalue weighted by Gasteiger charge is 2.09. The van der Waals surface area contributed by atoms with Gasteiger partial charge in [0.2, 0.25) is 0 Å². The van der Waals surface area contributed by atoms with E-state index >= 15 is 0 Å². The Morgan fingerprint density at radius 2 is 1.74 bits per heavy atom. The minimum Gasteiger partial charge on any atom is -0.493 e. The first-order valence-corrected chi connectivity index (χ1v) is 8.59. The molecule has 5 heteroatoms. The lowest BCUT2D eigenvalue weighted by atomic mass is 10.0. The molecule has 138 valence electrons. The van der Waals surface area contributed by atoms with Gasteiger partial charge in [0.1, 0.15) is 0 Å². The van der Waals surface area contributed by atoms with Crippen molar-refractivity contribution in [1.29, 1.82) is 0 Å². The predicted molar refractivity (Wildman–Crippen MR) is 106 cm³/mol. The lowest BCUT2D eigenvalue weighted by molar-refractivity contribution is 0.104. The monoisotopic (exact) mass is 362 g/mol. The van der Waals surface area contributed by atoms with Gasteiger partial charge in [0.15, 0.2) is 17.3 Å². The molecule has 0 spiro atoms. The number of aromatic amines is 1. The molecule has 27 heavy (non-hydrogen) atoms. The molecule has 0 fully saturated rings. The molecule has 0 unspecified atom stereocenters. The van der Waals surface area contributed by atoms with Crippen LogP contribution in [0.25, 0.3) is 17.3 Å². The number of allylic oxidation sites excluding steroid dienone is 1. The molecule has 3 rings (SSSR count). The van der Waals surface area contributed by atoms with Gasteiger partial charge in [-0.05, 0) is 67.5 Å². The van der Waals surface area contributed by atoms with Crippen molar-refractivity contribution < 1.29 is 14.3 Å². The molecule has 1 aromatic heterocycles. The van der Waals surface area contributed by atoms with E-state index in [1.807, 2.05) is 12.1 Å². The fourth-order valence-electron chi connectivity index (χ4n) is 2.72. The van der Waals surface area contributed by atoms with E-state index in [4.69, 9.17) is 9.47 Å². The summed E-state index contributed by atoms with van der Waals surface area (Å²) in [6.45, 7) is 4.16. The highest BCUT2D eigenvalue weighted by Crippen LogP contribution is 2.28. The van der Waals surface area contributed by atoms with Gasteiger partial charge in [-0.3, -0.25) is 9.89 Å². The van der Waals surface area contributed by atoms with E-state index in [0.717, 1.165) is 17.0 Å². The molecule has 0 saturated carbocycles. The first kappa shape index (κ1) is 18.5. The Hall–Kier alpha value is -3.34. The maximum absolute atomic E-state index is 12.4. The molecule has 0 aliphatic heterocycles. The average molecular weight is 362 g/mol. The second-order valence-electron chi connectivity index (χ2n) is 6.27. The number of H-pyrrole nitrogens is 1. The van der Waals surface area contributed by atoms with E-state index in [1.54, 1.807) is 38.5 Å². The van der Waals surface area contributed by atoms with Gasteiger partial charge in [0.25, 0.3) is 0 Å². The fraction of sp³-hybridized carbons (Fsp3) is 0.182. The molecule has 3 aromatic rings. The number of aromatic nitrogens is 2. The van der Waals surface area contributed by atoms with Crippen LogP contribution in [0.3, 0.4) is 0 Å². The normalized spacial score (nSPS) is 11.0. The number of nitrogens with zero attached hydrogens (tertiary/aromatic N) is 1. The molecule has 0 aliphatic rings. The first-order chi connectivity index (χ1) is 13.0. The molecule has 2 aromatic carbocycles. The zero-order chi connectivity index (χ0) is 19.4. The second-order valence-corrected chi connectivity index (χ2v) is 6.27. The standard InChI is InChI=1S/C22H22N2O3/c1-14-5-6-16(11-15(14)2)19-13-18(23-24-19)8-9-20(25)17-7-10-21(26-3)22(12-17)27-4/h5-13H,1-4H3,(H,23,24)/b9-8+. The van der Waals surface area contributed by atoms with E-state index in [2.05, 4.69) is 36.2 Å². The summed E-state index contributed by atoms with van der Waals surface area (Å²) in [5.74, 6) is 0.984. The lowest BCUT2D eigenvalue weighted by Gasteiger charge is -2.07. The Morgan fingerprint density at radius 3 is 2.44 bits per heavy atom. The van der Waals surface area contributed by atoms with Gasteiger partial charge in [-0.2, -0.15) is 5.10 Å². The van der Waals surface area contributed by atoms with Crippen LogP contribution in [0.4, 0.5) is 0 Å². The van der Waals surface area contributed by atoms with Crippen LogP contribution >= 0.6 is 0 Å². The van der Waals surface area contributed by atoms with E-state index in [1.165, 1.54) is 17.2 Å². The van der Waals surface area contributed by atoms with Crippen LogP contribution in [0, 0.1) is 13.8 Å². The zero-order valence-electron chi connectivity index (χ0n) is 15.9. The maximum Gasteiger partial charge on any atom is 0.186 e. The van der Waals surface area contributed by atoms with Crippen molar-refractivity contribution in [2.75, 3.05) is 14.2 Å². The molecule has 0 radical (unpaired) electrons. The number of hydrogen-bond donors (Lipinski definition) is 1. The maximum atomic E-state index is 12.4. The Morgan fingerprint density at radius 1 is 0.963 bits per heavy atom. The van der Waals surface area contributed by atoms with E-state index < -0.39 is 0 Å². The fourth-order valence-corrected chi connectivity index (χ4v) is 2.72. The molecule has 1 heterocycles. The van der Waals surface area contributed by atoms with Crippen molar-refractivity contribution in [1.82, 2.24) is 10.2 Å². The third-order valence-corrected chi connectivity index (χ3v) is 4.48. The molecule has 0 aliphatic carbocycles. The molecule has 0 atom stereocenters. The van der Waals surface area contributed by atoms with Crippen LogP contribution in [0.5, 0.6) is 11.5 Å². The number of rotatable bonds is 6. The average Bonchev–Trinajstić information content (AvgIpc) is 3.16. The smallest absolute Gasteiger partial charge is 0.186 e. The third kappa shape index (κ3) is 4.08. The number of ketones is 1. The van der Waals surface area contributed by atoms with E-state index in [9.17, 15) is 4.79 Å². The molecule has 1 N–H and O–H groups in total. The van der Waals surface area contributed by atoms with E-state index in [-0.39, 0.29) is 5.78 Å². The van der Waals surface area contributed by atoms with Crippen molar-refractivity contribution >= 4 is 11.9 Å². The van der Waals surface area contributed by atoms with Crippen LogP contribution in [0.2, 0.25) is 0 Å². The number of aryl methyl sites for hydroxylation is 2. The van der Waals surface area contributed by atoms with Crippen molar-refractivity contribution in [3.8, 4) is 22.8 Å². The predicted octanol–water partition coefficient (Wildman–Crippen LogP) is 4.61. The number of ether oxygens (including phenoxy) is 2. The van der Waals surface area contributed by atoms with Crippen molar-refractivity contribution in [2.24, 2.45) is 0 Å². The quantitative estimate of drug-likeness (QED) is 0.514. The zero-order valence-corrected chi connectivity index (χ0v) is 15.9. The molecule has 0 amide bonds. The van der Waals surface area contributed by atoms with Crippen molar-refractivity contribution in [3.63, 3.8) is 0 Å². The van der Waals surface area contributed by atoms with Crippen LogP contribution in [-0.4, -0.2) is 30.2 Å². The number of nitrogens with one attached hydrogen (secondary N) is 1. The number of methoxy groups -OCH3 is 2. The van der Waals surface area contributed by atoms with Crippen LogP contribution in [0.1, 0.15) is 27.2 Å². The van der Waals surface area contributed by atoms with Gasteiger partial charge < -0.3 is 9.47 Å². The molecule has 0 bridgehead atoms. The Bertz CT molecular complexity index is 1000. The highest BCUT2D eigenvalue weighted by atomic mass is 16.5.